The van der Waals surface area contributed by atoms with Crippen LogP contribution in [0.2, 0.25) is 5.02 Å². The minimum absolute atomic E-state index is 0.0386. The van der Waals surface area contributed by atoms with Gasteiger partial charge >= 0.3 is 5.69 Å². The topological polar surface area (TPSA) is 75.9 Å². The first-order valence-electron chi connectivity index (χ1n) is 8.14. The van der Waals surface area contributed by atoms with Gasteiger partial charge in [-0.3, -0.25) is 14.9 Å². The highest BCUT2D eigenvalue weighted by molar-refractivity contribution is 6.32. The Hall–Kier alpha value is -2.64. The molecule has 1 fully saturated rings. The number of carbonyl (C=O) groups is 1. The second kappa shape index (κ2) is 7.72. The Morgan fingerprint density at radius 3 is 2.54 bits per heavy atom. The molecule has 0 aromatic heterocycles. The normalized spacial score (nSPS) is 14.9. The van der Waals surface area contributed by atoms with E-state index in [1.54, 1.807) is 29.2 Å². The Balaban J connectivity index is 1.82. The van der Waals surface area contributed by atoms with Crippen molar-refractivity contribution < 1.29 is 14.5 Å². The number of rotatable bonds is 4. The smallest absolute Gasteiger partial charge is 0.313 e. The maximum Gasteiger partial charge on any atom is 0.313 e. The zero-order valence-electron chi connectivity index (χ0n) is 14.2. The number of amides is 1. The van der Waals surface area contributed by atoms with Gasteiger partial charge in [-0.2, -0.15) is 0 Å². The van der Waals surface area contributed by atoms with Gasteiger partial charge in [-0.15, -0.1) is 0 Å². The predicted molar refractivity (Wildman–Crippen MR) is 98.0 cm³/mol. The molecule has 2 aromatic carbocycles. The molecule has 0 saturated carbocycles. The van der Waals surface area contributed by atoms with Gasteiger partial charge in [0.1, 0.15) is 5.75 Å². The molecule has 0 atom stereocenters. The molecule has 0 unspecified atom stereocenters. The molecule has 2 aromatic rings. The number of ether oxygens (including phenoxy) is 1. The van der Waals surface area contributed by atoms with Crippen LogP contribution in [0, 0.1) is 10.1 Å². The second-order valence-electron chi connectivity index (χ2n) is 6.07. The zero-order chi connectivity index (χ0) is 18.7. The van der Waals surface area contributed by atoms with E-state index in [4.69, 9.17) is 16.3 Å². The first-order chi connectivity index (χ1) is 12.5. The molecule has 0 bridgehead atoms. The molecule has 1 aliphatic rings. The molecule has 136 valence electrons. The molecule has 1 aliphatic heterocycles. The van der Waals surface area contributed by atoms with Crippen LogP contribution in [-0.4, -0.2) is 53.9 Å². The van der Waals surface area contributed by atoms with Crippen molar-refractivity contribution in [1.29, 1.82) is 0 Å². The quantitative estimate of drug-likeness (QED) is 0.604. The SMILES string of the molecule is CN1CCN(C(=O)c2cccc(Oc3c(Cl)cccc3[N+](=O)[O-])c2)CC1. The minimum atomic E-state index is -0.555. The van der Waals surface area contributed by atoms with E-state index >= 15 is 0 Å². The molecule has 0 aliphatic carbocycles. The van der Waals surface area contributed by atoms with E-state index in [1.807, 2.05) is 7.05 Å². The van der Waals surface area contributed by atoms with Crippen LogP contribution in [-0.2, 0) is 0 Å². The average Bonchev–Trinajstić information content (AvgIpc) is 2.63. The van der Waals surface area contributed by atoms with Gasteiger partial charge in [-0.1, -0.05) is 23.7 Å². The van der Waals surface area contributed by atoms with Gasteiger partial charge < -0.3 is 14.5 Å². The van der Waals surface area contributed by atoms with Crippen molar-refractivity contribution in [3.05, 3.63) is 63.2 Å². The molecule has 26 heavy (non-hydrogen) atoms. The van der Waals surface area contributed by atoms with Gasteiger partial charge in [-0.05, 0) is 31.3 Å². The van der Waals surface area contributed by atoms with E-state index in [0.29, 0.717) is 24.4 Å². The van der Waals surface area contributed by atoms with Crippen molar-refractivity contribution in [2.75, 3.05) is 33.2 Å². The Morgan fingerprint density at radius 2 is 1.85 bits per heavy atom. The second-order valence-corrected chi connectivity index (χ2v) is 6.48. The molecular weight excluding hydrogens is 358 g/mol. The minimum Gasteiger partial charge on any atom is -0.449 e. The Labute approximate surface area is 155 Å². The largest absolute Gasteiger partial charge is 0.449 e. The Kier molecular flexibility index (Phi) is 5.39. The molecule has 0 N–H and O–H groups in total. The standard InChI is InChI=1S/C18H18ClN3O4/c1-20-8-10-21(11-9-20)18(23)13-4-2-5-14(12-13)26-17-15(19)6-3-7-16(17)22(24)25/h2-7,12H,8-11H2,1H3. The number of nitrogens with zero attached hydrogens (tertiary/aromatic N) is 3. The third-order valence-electron chi connectivity index (χ3n) is 4.23. The lowest BCUT2D eigenvalue weighted by atomic mass is 10.1. The third kappa shape index (κ3) is 3.95. The summed E-state index contributed by atoms with van der Waals surface area (Å²) in [6.45, 7) is 2.98. The number of nitro benzene ring substituents is 1. The first kappa shape index (κ1) is 18.2. The third-order valence-corrected chi connectivity index (χ3v) is 4.53. The van der Waals surface area contributed by atoms with E-state index in [2.05, 4.69) is 4.90 Å². The molecular formula is C18H18ClN3O4. The van der Waals surface area contributed by atoms with E-state index in [9.17, 15) is 14.9 Å². The van der Waals surface area contributed by atoms with E-state index in [0.717, 1.165) is 13.1 Å². The van der Waals surface area contributed by atoms with Crippen molar-refractivity contribution in [2.24, 2.45) is 0 Å². The van der Waals surface area contributed by atoms with Gasteiger partial charge in [0, 0.05) is 37.8 Å². The summed E-state index contributed by atoms with van der Waals surface area (Å²) in [5, 5.41) is 11.3. The summed E-state index contributed by atoms with van der Waals surface area (Å²) < 4.78 is 5.64. The summed E-state index contributed by atoms with van der Waals surface area (Å²) in [6.07, 6.45) is 0. The summed E-state index contributed by atoms with van der Waals surface area (Å²) in [7, 11) is 2.02. The van der Waals surface area contributed by atoms with Crippen molar-refractivity contribution in [3.63, 3.8) is 0 Å². The Morgan fingerprint density at radius 1 is 1.15 bits per heavy atom. The van der Waals surface area contributed by atoms with Crippen molar-refractivity contribution >= 4 is 23.2 Å². The highest BCUT2D eigenvalue weighted by Gasteiger charge is 2.22. The summed E-state index contributed by atoms with van der Waals surface area (Å²) in [5.74, 6) is 0.196. The lowest BCUT2D eigenvalue weighted by Gasteiger charge is -2.32. The number of para-hydroxylation sites is 1. The maximum absolute atomic E-state index is 12.7. The monoisotopic (exact) mass is 375 g/mol. The summed E-state index contributed by atoms with van der Waals surface area (Å²) in [6, 6.07) is 10.9. The molecule has 8 heteroatoms. The highest BCUT2D eigenvalue weighted by Crippen LogP contribution is 2.37. The summed E-state index contributed by atoms with van der Waals surface area (Å²) in [4.78, 5) is 27.2. The van der Waals surface area contributed by atoms with E-state index in [1.165, 1.54) is 18.2 Å². The van der Waals surface area contributed by atoms with Crippen LogP contribution in [0.1, 0.15) is 10.4 Å². The van der Waals surface area contributed by atoms with Crippen LogP contribution < -0.4 is 4.74 Å². The number of likely N-dealkylation sites (N-methyl/N-ethyl adjacent to an activating group) is 1. The molecule has 3 rings (SSSR count). The zero-order valence-corrected chi connectivity index (χ0v) is 15.0. The molecule has 0 spiro atoms. The fourth-order valence-electron chi connectivity index (χ4n) is 2.74. The Bertz CT molecular complexity index is 835. The van der Waals surface area contributed by atoms with Crippen LogP contribution in [0.4, 0.5) is 5.69 Å². The molecule has 0 radical (unpaired) electrons. The summed E-state index contributed by atoms with van der Waals surface area (Å²) >= 11 is 6.05. The van der Waals surface area contributed by atoms with Crippen molar-refractivity contribution in [2.45, 2.75) is 0 Å². The average molecular weight is 376 g/mol. The number of carbonyl (C=O) groups excluding carboxylic acids is 1. The number of benzene rings is 2. The maximum atomic E-state index is 12.7. The lowest BCUT2D eigenvalue weighted by Crippen LogP contribution is -2.47. The number of hydrogen-bond acceptors (Lipinski definition) is 5. The first-order valence-corrected chi connectivity index (χ1v) is 8.52. The molecule has 1 amide bonds. The number of piperazine rings is 1. The number of hydrogen-bond donors (Lipinski definition) is 0. The molecule has 1 saturated heterocycles. The number of nitro groups is 1. The van der Waals surface area contributed by atoms with Gasteiger partial charge in [0.15, 0.2) is 0 Å². The van der Waals surface area contributed by atoms with Crippen LogP contribution >= 0.6 is 11.6 Å². The molecule has 1 heterocycles. The molecule has 7 nitrogen and oxygen atoms in total. The van der Waals surface area contributed by atoms with E-state index < -0.39 is 4.92 Å². The predicted octanol–water partition coefficient (Wildman–Crippen LogP) is 3.43. The van der Waals surface area contributed by atoms with Gasteiger partial charge in [0.2, 0.25) is 5.75 Å². The van der Waals surface area contributed by atoms with Gasteiger partial charge in [0.25, 0.3) is 5.91 Å². The van der Waals surface area contributed by atoms with E-state index in [-0.39, 0.29) is 22.4 Å². The van der Waals surface area contributed by atoms with Crippen molar-refractivity contribution in [1.82, 2.24) is 9.80 Å². The highest BCUT2D eigenvalue weighted by atomic mass is 35.5. The number of halogens is 1. The fraction of sp³-hybridized carbons (Fsp3) is 0.278. The fourth-order valence-corrected chi connectivity index (χ4v) is 2.95. The van der Waals surface area contributed by atoms with Crippen LogP contribution in [0.5, 0.6) is 11.5 Å². The van der Waals surface area contributed by atoms with Gasteiger partial charge in [0.05, 0.1) is 9.95 Å². The van der Waals surface area contributed by atoms with Crippen LogP contribution in [0.15, 0.2) is 42.5 Å². The summed E-state index contributed by atoms with van der Waals surface area (Å²) in [5.41, 5.74) is 0.245. The van der Waals surface area contributed by atoms with Crippen molar-refractivity contribution in [3.8, 4) is 11.5 Å². The lowest BCUT2D eigenvalue weighted by molar-refractivity contribution is -0.385. The van der Waals surface area contributed by atoms with Crippen LogP contribution in [0.3, 0.4) is 0 Å². The van der Waals surface area contributed by atoms with Crippen LogP contribution in [0.25, 0.3) is 0 Å². The van der Waals surface area contributed by atoms with Gasteiger partial charge in [-0.25, -0.2) is 0 Å².